The Morgan fingerprint density at radius 1 is 1.33 bits per heavy atom. The molecule has 33 heavy (non-hydrogen) atoms. The van der Waals surface area contributed by atoms with Crippen LogP contribution < -0.4 is 16.9 Å². The summed E-state index contributed by atoms with van der Waals surface area (Å²) in [6.07, 6.45) is -1.41. The van der Waals surface area contributed by atoms with Gasteiger partial charge in [0.2, 0.25) is 0 Å². The summed E-state index contributed by atoms with van der Waals surface area (Å²) in [6.45, 7) is 13.2. The van der Waals surface area contributed by atoms with Crippen LogP contribution in [0.1, 0.15) is 60.6 Å². The molecule has 2 heterocycles. The molecule has 0 radical (unpaired) electrons. The molecule has 1 aromatic heterocycles. The molecule has 188 valence electrons. The van der Waals surface area contributed by atoms with Gasteiger partial charge in [-0.25, -0.2) is 4.79 Å². The van der Waals surface area contributed by atoms with Crippen molar-refractivity contribution < 1.29 is 28.7 Å². The third kappa shape index (κ3) is 7.26. The number of nitrogens with one attached hydrogen (secondary N) is 1. The molecular formula is C21H38N4O7P+. The van der Waals surface area contributed by atoms with Gasteiger partial charge >= 0.3 is 13.9 Å². The van der Waals surface area contributed by atoms with E-state index in [4.69, 9.17) is 19.8 Å². The quantitative estimate of drug-likeness (QED) is 0.253. The summed E-state index contributed by atoms with van der Waals surface area (Å²) < 4.78 is 23.0. The summed E-state index contributed by atoms with van der Waals surface area (Å²) in [5.74, 6) is 1.13. The second kappa shape index (κ2) is 11.8. The van der Waals surface area contributed by atoms with Gasteiger partial charge in [-0.15, -0.1) is 9.42 Å². The van der Waals surface area contributed by atoms with Crippen LogP contribution in [0.25, 0.3) is 0 Å². The molecule has 1 aliphatic rings. The predicted molar refractivity (Wildman–Crippen MR) is 123 cm³/mol. The zero-order valence-corrected chi connectivity index (χ0v) is 21.1. The van der Waals surface area contributed by atoms with Gasteiger partial charge in [-0.2, -0.15) is 10.5 Å². The molecular weight excluding hydrogens is 451 g/mol. The maximum absolute atomic E-state index is 12.1. The van der Waals surface area contributed by atoms with Crippen molar-refractivity contribution in [3.8, 4) is 0 Å². The summed E-state index contributed by atoms with van der Waals surface area (Å²) in [6, 6.07) is 1.43. The minimum absolute atomic E-state index is 0.0270. The van der Waals surface area contributed by atoms with E-state index in [0.29, 0.717) is 11.8 Å². The van der Waals surface area contributed by atoms with E-state index in [2.05, 4.69) is 45.1 Å². The first-order chi connectivity index (χ1) is 15.3. The number of aromatic nitrogens is 2. The fraction of sp³-hybridized carbons (Fsp3) is 0.810. The van der Waals surface area contributed by atoms with Gasteiger partial charge in [0.25, 0.3) is 0 Å². The molecule has 2 rings (SSSR count). The first-order valence-electron chi connectivity index (χ1n) is 11.2. The lowest BCUT2D eigenvalue weighted by atomic mass is 9.70. The fourth-order valence-corrected chi connectivity index (χ4v) is 4.18. The molecule has 7 atom stereocenters. The van der Waals surface area contributed by atoms with E-state index in [0.717, 1.165) is 17.4 Å². The molecule has 12 heteroatoms. The van der Waals surface area contributed by atoms with E-state index < -0.39 is 38.5 Å². The molecule has 0 aliphatic carbocycles. The predicted octanol–water partition coefficient (Wildman–Crippen LogP) is 2.13. The van der Waals surface area contributed by atoms with Crippen molar-refractivity contribution in [1.82, 2.24) is 15.0 Å². The molecule has 0 bridgehead atoms. The third-order valence-electron chi connectivity index (χ3n) is 6.97. The topological polar surface area (TPSA) is 158 Å². The monoisotopic (exact) mass is 489 g/mol. The van der Waals surface area contributed by atoms with Crippen molar-refractivity contribution in [1.29, 1.82) is 0 Å². The summed E-state index contributed by atoms with van der Waals surface area (Å²) in [5.41, 5.74) is 7.96. The number of anilines is 1. The number of hydrogen-bond donors (Lipinski definition) is 4. The van der Waals surface area contributed by atoms with E-state index in [1.54, 1.807) is 0 Å². The summed E-state index contributed by atoms with van der Waals surface area (Å²) in [7, 11) is -3.01. The maximum Gasteiger partial charge on any atom is 0.695 e. The lowest BCUT2D eigenvalue weighted by molar-refractivity contribution is -0.0922. The number of nitrogens with two attached hydrogens (primary N) is 1. The van der Waals surface area contributed by atoms with Gasteiger partial charge in [-0.05, 0) is 43.1 Å². The number of aliphatic hydroxyl groups excluding tert-OH is 1. The number of hydrogen-bond acceptors (Lipinski definition) is 9. The molecule has 0 spiro atoms. The highest BCUT2D eigenvalue weighted by molar-refractivity contribution is 7.32. The SMILES string of the molecule is CC(CCC(C)C(C)(C)C(C)C)NOC[C@H]1O[C@@H](n2ccc(N)nc2=O)[C@H](O)[C@@H]1O[P+](=O)O. The molecule has 0 saturated carbocycles. The Morgan fingerprint density at radius 3 is 2.58 bits per heavy atom. The third-order valence-corrected chi connectivity index (χ3v) is 7.39. The van der Waals surface area contributed by atoms with Crippen molar-refractivity contribution >= 4 is 14.1 Å². The van der Waals surface area contributed by atoms with E-state index in [1.807, 2.05) is 6.92 Å². The Labute approximate surface area is 195 Å². The van der Waals surface area contributed by atoms with Crippen LogP contribution >= 0.6 is 8.25 Å². The first kappa shape index (κ1) is 27.8. The normalized spacial score (nSPS) is 25.9. The number of hydroxylamine groups is 1. The maximum atomic E-state index is 12.1. The Kier molecular flexibility index (Phi) is 9.93. The van der Waals surface area contributed by atoms with Crippen LogP contribution in [0.3, 0.4) is 0 Å². The minimum atomic E-state index is -3.01. The highest BCUT2D eigenvalue weighted by Gasteiger charge is 2.50. The number of ether oxygens (including phenoxy) is 1. The summed E-state index contributed by atoms with van der Waals surface area (Å²) in [4.78, 5) is 30.5. The van der Waals surface area contributed by atoms with Gasteiger partial charge in [0, 0.05) is 16.8 Å². The second-order valence-electron chi connectivity index (χ2n) is 9.69. The highest BCUT2D eigenvalue weighted by atomic mass is 31.1. The van der Waals surface area contributed by atoms with Gasteiger partial charge in [-0.1, -0.05) is 34.6 Å². The Hall–Kier alpha value is -1.46. The zero-order valence-electron chi connectivity index (χ0n) is 20.2. The molecule has 1 aromatic rings. The average molecular weight is 490 g/mol. The molecule has 1 aliphatic heterocycles. The second-order valence-corrected chi connectivity index (χ2v) is 10.4. The molecule has 5 N–H and O–H groups in total. The van der Waals surface area contributed by atoms with Crippen LogP contribution in [-0.4, -0.2) is 50.5 Å². The van der Waals surface area contributed by atoms with Crippen molar-refractivity contribution in [3.63, 3.8) is 0 Å². The number of aliphatic hydroxyl groups is 1. The Morgan fingerprint density at radius 2 is 2.00 bits per heavy atom. The Balaban J connectivity index is 1.94. The van der Waals surface area contributed by atoms with Crippen molar-refractivity contribution in [2.45, 2.75) is 85.0 Å². The molecule has 0 aromatic carbocycles. The van der Waals surface area contributed by atoms with Crippen LogP contribution in [0, 0.1) is 17.3 Å². The minimum Gasteiger partial charge on any atom is -0.385 e. The number of rotatable bonds is 12. The summed E-state index contributed by atoms with van der Waals surface area (Å²) >= 11 is 0. The van der Waals surface area contributed by atoms with Gasteiger partial charge in [0.05, 0.1) is 6.61 Å². The van der Waals surface area contributed by atoms with E-state index in [9.17, 15) is 19.4 Å². The zero-order chi connectivity index (χ0) is 24.9. The van der Waals surface area contributed by atoms with Gasteiger partial charge in [-0.3, -0.25) is 9.40 Å². The Bertz CT molecular complexity index is 850. The molecule has 3 unspecified atom stereocenters. The van der Waals surface area contributed by atoms with Gasteiger partial charge in [0.15, 0.2) is 12.3 Å². The number of nitrogens with zero attached hydrogens (tertiary/aromatic N) is 2. The molecule has 1 fully saturated rings. The smallest absolute Gasteiger partial charge is 0.385 e. The van der Waals surface area contributed by atoms with Crippen LogP contribution in [0.5, 0.6) is 0 Å². The van der Waals surface area contributed by atoms with Crippen LogP contribution in [0.15, 0.2) is 17.1 Å². The van der Waals surface area contributed by atoms with Crippen molar-refractivity contribution in [3.05, 3.63) is 22.7 Å². The highest BCUT2D eigenvalue weighted by Crippen LogP contribution is 2.38. The van der Waals surface area contributed by atoms with Crippen molar-refractivity contribution in [2.75, 3.05) is 12.3 Å². The van der Waals surface area contributed by atoms with Crippen molar-refractivity contribution in [2.24, 2.45) is 17.3 Å². The fourth-order valence-electron chi connectivity index (χ4n) is 3.71. The first-order valence-corrected chi connectivity index (χ1v) is 12.4. The standard InChI is InChI=1S/C21H37N4O7P/c1-12(2)21(5,6)13(3)7-8-14(4)24-30-11-15-18(32-33(28)29)17(26)19(31-15)25-10-9-16(22)23-20(25)27/h9-10,12-15,17-19,24,26H,7-8,11H2,1-6H3,(H2-,22,23,27,28,29)/p+1/t13?,14?,15-,17-,18-,19-/m1/s1. The van der Waals surface area contributed by atoms with Crippen LogP contribution in [-0.2, 0) is 18.7 Å². The summed E-state index contributed by atoms with van der Waals surface area (Å²) in [5, 5.41) is 10.6. The lowest BCUT2D eigenvalue weighted by Crippen LogP contribution is -2.38. The molecule has 1 saturated heterocycles. The lowest BCUT2D eigenvalue weighted by Gasteiger charge is -2.36. The van der Waals surface area contributed by atoms with Crippen LogP contribution in [0.2, 0.25) is 0 Å². The molecule has 0 amide bonds. The van der Waals surface area contributed by atoms with E-state index >= 15 is 0 Å². The van der Waals surface area contributed by atoms with Gasteiger partial charge in [0.1, 0.15) is 18.0 Å². The number of nitrogen functional groups attached to an aromatic ring is 1. The van der Waals surface area contributed by atoms with Gasteiger partial charge < -0.3 is 15.6 Å². The van der Waals surface area contributed by atoms with E-state index in [-0.39, 0.29) is 23.9 Å². The largest absolute Gasteiger partial charge is 0.695 e. The van der Waals surface area contributed by atoms with Crippen LogP contribution in [0.4, 0.5) is 5.82 Å². The molecule has 11 nitrogen and oxygen atoms in total. The average Bonchev–Trinajstić information content (AvgIpc) is 3.01. The van der Waals surface area contributed by atoms with E-state index in [1.165, 1.54) is 12.3 Å².